The highest BCUT2D eigenvalue weighted by atomic mass is 32.2. The highest BCUT2D eigenvalue weighted by Gasteiger charge is 2.32. The zero-order chi connectivity index (χ0) is 17.2. The Morgan fingerprint density at radius 1 is 1.38 bits per heavy atom. The van der Waals surface area contributed by atoms with Gasteiger partial charge in [-0.05, 0) is 30.7 Å². The van der Waals surface area contributed by atoms with Crippen LogP contribution in [0.2, 0.25) is 0 Å². The molecule has 24 heavy (non-hydrogen) atoms. The van der Waals surface area contributed by atoms with Crippen LogP contribution in [0, 0.1) is 4.84 Å². The van der Waals surface area contributed by atoms with E-state index in [0.29, 0.717) is 23.8 Å². The molecule has 3 rings (SSSR count). The zero-order valence-electron chi connectivity index (χ0n) is 13.6. The number of nitrogens with zero attached hydrogens (tertiary/aromatic N) is 3. The van der Waals surface area contributed by atoms with Crippen LogP contribution in [0.15, 0.2) is 34.7 Å². The highest BCUT2D eigenvalue weighted by Crippen LogP contribution is 2.27. The summed E-state index contributed by atoms with van der Waals surface area (Å²) in [5.41, 5.74) is 1.22. The van der Waals surface area contributed by atoms with Crippen molar-refractivity contribution in [1.82, 2.24) is 14.7 Å². The first-order valence-corrected chi connectivity index (χ1v) is 10.2. The summed E-state index contributed by atoms with van der Waals surface area (Å²) in [6, 6.07) is 10.2. The quantitative estimate of drug-likeness (QED) is 0.731. The van der Waals surface area contributed by atoms with Crippen molar-refractivity contribution in [2.75, 3.05) is 18.1 Å². The molecule has 2 heterocycles. The van der Waals surface area contributed by atoms with Gasteiger partial charge in [-0.1, -0.05) is 37.3 Å². The van der Waals surface area contributed by atoms with Gasteiger partial charge in [0.2, 0.25) is 5.89 Å². The van der Waals surface area contributed by atoms with Crippen molar-refractivity contribution < 1.29 is 12.8 Å². The summed E-state index contributed by atoms with van der Waals surface area (Å²) in [6.45, 7) is 4.24. The summed E-state index contributed by atoms with van der Waals surface area (Å²) in [7, 11) is -2.97. The van der Waals surface area contributed by atoms with Crippen molar-refractivity contribution in [2.45, 2.75) is 32.5 Å². The number of sulfone groups is 1. The zero-order valence-corrected chi connectivity index (χ0v) is 15.2. The molecule has 1 saturated heterocycles. The van der Waals surface area contributed by atoms with Crippen molar-refractivity contribution in [3.05, 3.63) is 46.6 Å². The van der Waals surface area contributed by atoms with Crippen molar-refractivity contribution in [2.24, 2.45) is 0 Å². The summed E-state index contributed by atoms with van der Waals surface area (Å²) in [4.78, 5) is 2.49. The molecule has 6 nitrogen and oxygen atoms in total. The summed E-state index contributed by atoms with van der Waals surface area (Å²) in [5.74, 6) is 0.560. The smallest absolute Gasteiger partial charge is 0.288 e. The minimum Gasteiger partial charge on any atom is -0.414 e. The third-order valence-electron chi connectivity index (χ3n) is 4.23. The second-order valence-electron chi connectivity index (χ2n) is 6.08. The van der Waals surface area contributed by atoms with E-state index in [4.69, 9.17) is 16.6 Å². The number of benzene rings is 1. The Labute approximate surface area is 147 Å². The van der Waals surface area contributed by atoms with Gasteiger partial charge in [0.05, 0.1) is 24.1 Å². The second kappa shape index (κ2) is 7.16. The van der Waals surface area contributed by atoms with E-state index in [9.17, 15) is 8.42 Å². The molecule has 0 spiro atoms. The number of rotatable bonds is 6. The van der Waals surface area contributed by atoms with Gasteiger partial charge in [0.15, 0.2) is 9.84 Å². The molecule has 1 atom stereocenters. The molecule has 1 fully saturated rings. The molecule has 1 aromatic heterocycles. The SMILES string of the molecule is CCN(Cc1ccccc1)Cn1nc([C@@H]2CCS(=O)(=O)C2)oc1=S. The standard InChI is InChI=1S/C16H21N3O3S2/c1-2-18(10-13-6-4-3-5-7-13)12-19-16(23)22-15(17-19)14-8-9-24(20,21)11-14/h3-7,14H,2,8-12H2,1H3/t14-/m1/s1. The third-order valence-corrected chi connectivity index (χ3v) is 6.30. The van der Waals surface area contributed by atoms with Gasteiger partial charge in [0.1, 0.15) is 0 Å². The van der Waals surface area contributed by atoms with E-state index in [-0.39, 0.29) is 17.4 Å². The largest absolute Gasteiger partial charge is 0.414 e. The first kappa shape index (κ1) is 17.3. The van der Waals surface area contributed by atoms with E-state index < -0.39 is 9.84 Å². The van der Waals surface area contributed by atoms with E-state index in [1.54, 1.807) is 4.68 Å². The van der Waals surface area contributed by atoms with Gasteiger partial charge in [-0.3, -0.25) is 4.90 Å². The van der Waals surface area contributed by atoms with Gasteiger partial charge in [-0.2, -0.15) is 0 Å². The lowest BCUT2D eigenvalue weighted by Crippen LogP contribution is -2.26. The van der Waals surface area contributed by atoms with Crippen molar-refractivity contribution in [3.63, 3.8) is 0 Å². The van der Waals surface area contributed by atoms with Gasteiger partial charge in [0.25, 0.3) is 4.84 Å². The molecular weight excluding hydrogens is 346 g/mol. The monoisotopic (exact) mass is 367 g/mol. The van der Waals surface area contributed by atoms with E-state index >= 15 is 0 Å². The van der Waals surface area contributed by atoms with Crippen LogP contribution in [-0.2, 0) is 23.1 Å². The normalized spacial score (nSPS) is 19.8. The molecule has 1 aliphatic rings. The molecule has 1 aliphatic heterocycles. The average Bonchev–Trinajstić information content (AvgIpc) is 3.10. The molecule has 0 aliphatic carbocycles. The maximum atomic E-state index is 11.6. The molecule has 0 unspecified atom stereocenters. The Morgan fingerprint density at radius 2 is 2.12 bits per heavy atom. The fourth-order valence-electron chi connectivity index (χ4n) is 2.86. The number of aromatic nitrogens is 2. The lowest BCUT2D eigenvalue weighted by molar-refractivity contribution is 0.205. The molecular formula is C16H21N3O3S2. The van der Waals surface area contributed by atoms with Crippen LogP contribution < -0.4 is 0 Å². The van der Waals surface area contributed by atoms with Gasteiger partial charge < -0.3 is 4.42 Å². The molecule has 8 heteroatoms. The lowest BCUT2D eigenvalue weighted by Gasteiger charge is -2.19. The molecule has 0 bridgehead atoms. The molecule has 1 aromatic carbocycles. The van der Waals surface area contributed by atoms with Crippen LogP contribution in [0.1, 0.15) is 30.7 Å². The van der Waals surface area contributed by atoms with E-state index in [1.807, 2.05) is 18.2 Å². The Hall–Kier alpha value is -1.51. The Bertz CT molecular complexity index is 843. The predicted octanol–water partition coefficient (Wildman–Crippen LogP) is 2.59. The van der Waals surface area contributed by atoms with Gasteiger partial charge in [0, 0.05) is 6.54 Å². The van der Waals surface area contributed by atoms with Crippen LogP contribution >= 0.6 is 12.2 Å². The van der Waals surface area contributed by atoms with E-state index in [1.165, 1.54) is 5.56 Å². The molecule has 0 radical (unpaired) electrons. The summed E-state index contributed by atoms with van der Waals surface area (Å²) in [6.07, 6.45) is 0.555. The number of hydrogen-bond acceptors (Lipinski definition) is 6. The van der Waals surface area contributed by atoms with Gasteiger partial charge in [-0.25, -0.2) is 13.1 Å². The van der Waals surface area contributed by atoms with Crippen LogP contribution in [-0.4, -0.2) is 41.1 Å². The van der Waals surface area contributed by atoms with Crippen LogP contribution in [0.4, 0.5) is 0 Å². The first-order chi connectivity index (χ1) is 11.5. The second-order valence-corrected chi connectivity index (χ2v) is 8.66. The minimum absolute atomic E-state index is 0.101. The van der Waals surface area contributed by atoms with Crippen molar-refractivity contribution >= 4 is 22.1 Å². The molecule has 0 saturated carbocycles. The van der Waals surface area contributed by atoms with Gasteiger partial charge in [-0.15, -0.1) is 5.10 Å². The topological polar surface area (TPSA) is 68.3 Å². The fourth-order valence-corrected chi connectivity index (χ4v) is 4.78. The van der Waals surface area contributed by atoms with Crippen molar-refractivity contribution in [1.29, 1.82) is 0 Å². The third kappa shape index (κ3) is 4.12. The van der Waals surface area contributed by atoms with Crippen LogP contribution in [0.5, 0.6) is 0 Å². The minimum atomic E-state index is -2.97. The summed E-state index contributed by atoms with van der Waals surface area (Å²) in [5, 5.41) is 4.43. The summed E-state index contributed by atoms with van der Waals surface area (Å²) >= 11 is 5.25. The predicted molar refractivity (Wildman–Crippen MR) is 93.9 cm³/mol. The molecule has 130 valence electrons. The van der Waals surface area contributed by atoms with E-state index in [2.05, 4.69) is 29.1 Å². The Balaban J connectivity index is 1.71. The maximum Gasteiger partial charge on any atom is 0.288 e. The maximum absolute atomic E-state index is 11.6. The van der Waals surface area contributed by atoms with Crippen LogP contribution in [0.25, 0.3) is 0 Å². The van der Waals surface area contributed by atoms with Crippen LogP contribution in [0.3, 0.4) is 0 Å². The Kier molecular flexibility index (Phi) is 5.17. The lowest BCUT2D eigenvalue weighted by atomic mass is 10.1. The molecule has 2 aromatic rings. The van der Waals surface area contributed by atoms with Crippen molar-refractivity contribution in [3.8, 4) is 0 Å². The number of hydrogen-bond donors (Lipinski definition) is 0. The van der Waals surface area contributed by atoms with E-state index in [0.717, 1.165) is 13.1 Å². The highest BCUT2D eigenvalue weighted by molar-refractivity contribution is 7.91. The summed E-state index contributed by atoms with van der Waals surface area (Å²) < 4.78 is 30.4. The average molecular weight is 367 g/mol. The molecule has 0 amide bonds. The first-order valence-electron chi connectivity index (χ1n) is 8.01. The fraction of sp³-hybridized carbons (Fsp3) is 0.500. The Morgan fingerprint density at radius 3 is 2.75 bits per heavy atom. The molecule has 0 N–H and O–H groups in total. The van der Waals surface area contributed by atoms with Gasteiger partial charge >= 0.3 is 0 Å².